The van der Waals surface area contributed by atoms with Crippen LogP contribution in [0.2, 0.25) is 0 Å². The molecule has 10 heteroatoms. The zero-order valence-electron chi connectivity index (χ0n) is 17.0. The first-order valence-corrected chi connectivity index (χ1v) is 9.96. The molecule has 2 amide bonds. The summed E-state index contributed by atoms with van der Waals surface area (Å²) in [6.45, 7) is 2.55. The Balaban J connectivity index is 1.78. The maximum absolute atomic E-state index is 13.9. The monoisotopic (exact) mass is 432 g/mol. The average Bonchev–Trinajstić information content (AvgIpc) is 3.05. The molecule has 31 heavy (non-hydrogen) atoms. The lowest BCUT2D eigenvalue weighted by molar-refractivity contribution is 0.0713. The van der Waals surface area contributed by atoms with Crippen LogP contribution in [0.1, 0.15) is 57.5 Å². The number of rotatable bonds is 5. The van der Waals surface area contributed by atoms with Crippen molar-refractivity contribution in [2.45, 2.75) is 32.0 Å². The Kier molecular flexibility index (Phi) is 5.26. The molecule has 4 rings (SSSR count). The highest BCUT2D eigenvalue weighted by atomic mass is 19.1. The van der Waals surface area contributed by atoms with Gasteiger partial charge in [0.25, 0.3) is 11.8 Å². The van der Waals surface area contributed by atoms with E-state index in [0.29, 0.717) is 31.3 Å². The summed E-state index contributed by atoms with van der Waals surface area (Å²) in [6.07, 6.45) is 0.536. The number of likely N-dealkylation sites (N-methyl/N-ethyl adjacent to an activating group) is 1. The van der Waals surface area contributed by atoms with E-state index in [0.717, 1.165) is 6.07 Å². The van der Waals surface area contributed by atoms with Crippen LogP contribution in [0.25, 0.3) is 0 Å². The quantitative estimate of drug-likeness (QED) is 0.664. The molecule has 0 saturated heterocycles. The van der Waals surface area contributed by atoms with Crippen LogP contribution >= 0.6 is 0 Å². The summed E-state index contributed by atoms with van der Waals surface area (Å²) in [7, 11) is 1.59. The normalized spacial score (nSPS) is 19.5. The summed E-state index contributed by atoms with van der Waals surface area (Å²) in [5, 5.41) is 16.2. The lowest BCUT2D eigenvalue weighted by Crippen LogP contribution is -2.42. The van der Waals surface area contributed by atoms with E-state index in [9.17, 15) is 28.3 Å². The smallest absolute Gasteiger partial charge is 0.274 e. The Morgan fingerprint density at radius 1 is 1.29 bits per heavy atom. The van der Waals surface area contributed by atoms with E-state index in [2.05, 4.69) is 10.6 Å². The van der Waals surface area contributed by atoms with Gasteiger partial charge in [0, 0.05) is 31.8 Å². The number of amides is 2. The largest absolute Gasteiger partial charge is 0.503 e. The van der Waals surface area contributed by atoms with Crippen LogP contribution in [0.3, 0.4) is 0 Å². The zero-order valence-corrected chi connectivity index (χ0v) is 17.0. The van der Waals surface area contributed by atoms with Crippen molar-refractivity contribution in [2.75, 3.05) is 20.1 Å². The van der Waals surface area contributed by atoms with Crippen LogP contribution in [-0.2, 0) is 6.54 Å². The molecule has 0 aliphatic carbocycles. The molecule has 8 nitrogen and oxygen atoms in total. The van der Waals surface area contributed by atoms with Gasteiger partial charge in [-0.1, -0.05) is 13.0 Å². The van der Waals surface area contributed by atoms with Gasteiger partial charge in [-0.2, -0.15) is 0 Å². The molecule has 0 radical (unpaired) electrons. The Morgan fingerprint density at radius 2 is 2.03 bits per heavy atom. The van der Waals surface area contributed by atoms with E-state index < -0.39 is 34.6 Å². The van der Waals surface area contributed by atoms with Crippen molar-refractivity contribution >= 4 is 11.8 Å². The van der Waals surface area contributed by atoms with Crippen LogP contribution in [0.4, 0.5) is 8.78 Å². The highest BCUT2D eigenvalue weighted by Gasteiger charge is 2.44. The molecule has 1 aromatic heterocycles. The summed E-state index contributed by atoms with van der Waals surface area (Å²) in [5.41, 5.74) is -0.977. The lowest BCUT2D eigenvalue weighted by atomic mass is 10.0. The van der Waals surface area contributed by atoms with Crippen molar-refractivity contribution in [1.29, 1.82) is 0 Å². The van der Waals surface area contributed by atoms with Gasteiger partial charge < -0.3 is 25.2 Å². The van der Waals surface area contributed by atoms with E-state index in [1.54, 1.807) is 11.6 Å². The van der Waals surface area contributed by atoms with Crippen molar-refractivity contribution in [2.24, 2.45) is 0 Å². The molecular formula is C21H22F2N4O4. The zero-order chi connectivity index (χ0) is 22.4. The van der Waals surface area contributed by atoms with Gasteiger partial charge in [-0.3, -0.25) is 14.4 Å². The molecule has 0 fully saturated rings. The number of hydrogen-bond donors (Lipinski definition) is 3. The summed E-state index contributed by atoms with van der Waals surface area (Å²) in [6, 6.07) is 2.40. The fraction of sp³-hybridized carbons (Fsp3) is 0.381. The number of aromatic nitrogens is 1. The van der Waals surface area contributed by atoms with E-state index in [-0.39, 0.29) is 35.4 Å². The Morgan fingerprint density at radius 3 is 2.71 bits per heavy atom. The van der Waals surface area contributed by atoms with E-state index in [4.69, 9.17) is 0 Å². The number of aromatic hydroxyl groups is 1. The minimum Gasteiger partial charge on any atom is -0.503 e. The molecule has 2 aliphatic heterocycles. The van der Waals surface area contributed by atoms with E-state index >= 15 is 0 Å². The summed E-state index contributed by atoms with van der Waals surface area (Å²) in [4.78, 5) is 40.0. The fourth-order valence-electron chi connectivity index (χ4n) is 4.42. The highest BCUT2D eigenvalue weighted by molar-refractivity contribution is 6.00. The van der Waals surface area contributed by atoms with E-state index in [1.807, 2.05) is 6.92 Å². The molecule has 0 unspecified atom stereocenters. The first-order chi connectivity index (χ1) is 14.7. The molecule has 2 atom stereocenters. The van der Waals surface area contributed by atoms with Gasteiger partial charge in [0.2, 0.25) is 5.43 Å². The number of benzene rings is 1. The van der Waals surface area contributed by atoms with E-state index in [1.165, 1.54) is 11.0 Å². The number of pyridine rings is 1. The number of nitrogens with one attached hydrogen (secondary N) is 2. The van der Waals surface area contributed by atoms with Gasteiger partial charge in [0.15, 0.2) is 11.4 Å². The molecule has 0 bridgehead atoms. The molecular weight excluding hydrogens is 410 g/mol. The third-order valence-electron chi connectivity index (χ3n) is 5.79. The van der Waals surface area contributed by atoms with Gasteiger partial charge in [0.05, 0.1) is 17.8 Å². The molecule has 2 aromatic rings. The summed E-state index contributed by atoms with van der Waals surface area (Å²) < 4.78 is 28.6. The van der Waals surface area contributed by atoms with Crippen LogP contribution in [0, 0.1) is 11.6 Å². The SMILES string of the molecule is CCN[C@@H]1C[C@@H]2CN(C)C(=O)c3c(O)c(=O)c(C(=O)NCc4ccc(F)cc4F)c1n32. The topological polar surface area (TPSA) is 104 Å². The van der Waals surface area contributed by atoms with Crippen LogP contribution in [0.15, 0.2) is 23.0 Å². The number of carbonyl (C=O) groups is 2. The molecule has 0 saturated carbocycles. The predicted molar refractivity (Wildman–Crippen MR) is 107 cm³/mol. The molecule has 3 heterocycles. The van der Waals surface area contributed by atoms with Gasteiger partial charge in [-0.25, -0.2) is 8.78 Å². The lowest BCUT2D eigenvalue weighted by Gasteiger charge is -2.32. The number of halogens is 2. The fourth-order valence-corrected chi connectivity index (χ4v) is 4.42. The Labute approximate surface area is 176 Å². The second-order valence-electron chi connectivity index (χ2n) is 7.76. The maximum Gasteiger partial charge on any atom is 0.274 e. The standard InChI is InChI=1S/C21H22F2N4O4/c1-3-24-14-7-12-9-26(2)21(31)17-19(29)18(28)15(16(14)27(12)17)20(30)25-8-10-4-5-11(22)6-13(10)23/h4-6,12,14,24,29H,3,7-9H2,1-2H3,(H,25,30)/t12-,14-/m1/s1. The summed E-state index contributed by atoms with van der Waals surface area (Å²) in [5.74, 6) is -3.64. The van der Waals surface area contributed by atoms with Crippen molar-refractivity contribution in [3.05, 3.63) is 62.6 Å². The van der Waals surface area contributed by atoms with Crippen molar-refractivity contribution in [1.82, 2.24) is 20.1 Å². The molecule has 1 aromatic carbocycles. The summed E-state index contributed by atoms with van der Waals surface area (Å²) >= 11 is 0. The van der Waals surface area contributed by atoms with Crippen LogP contribution in [-0.4, -0.2) is 46.5 Å². The number of carbonyl (C=O) groups excluding carboxylic acids is 2. The first kappa shape index (κ1) is 21.0. The predicted octanol–water partition coefficient (Wildman–Crippen LogP) is 1.44. The van der Waals surface area contributed by atoms with Gasteiger partial charge in [0.1, 0.15) is 17.2 Å². The molecule has 164 valence electrons. The molecule has 0 spiro atoms. The number of nitrogens with zero attached hydrogens (tertiary/aromatic N) is 2. The molecule has 3 N–H and O–H groups in total. The minimum atomic E-state index is -0.953. The second-order valence-corrected chi connectivity index (χ2v) is 7.76. The van der Waals surface area contributed by atoms with Gasteiger partial charge in [-0.15, -0.1) is 0 Å². The van der Waals surface area contributed by atoms with Crippen molar-refractivity contribution in [3.63, 3.8) is 0 Å². The minimum absolute atomic E-state index is 0.0476. The average molecular weight is 432 g/mol. The first-order valence-electron chi connectivity index (χ1n) is 9.96. The third kappa shape index (κ3) is 3.36. The second kappa shape index (κ2) is 7.77. The van der Waals surface area contributed by atoms with Crippen LogP contribution < -0.4 is 16.1 Å². The van der Waals surface area contributed by atoms with Crippen LogP contribution in [0.5, 0.6) is 5.75 Å². The van der Waals surface area contributed by atoms with Gasteiger partial charge in [-0.05, 0) is 19.0 Å². The Hall–Kier alpha value is -3.27. The third-order valence-corrected chi connectivity index (χ3v) is 5.79. The maximum atomic E-state index is 13.9. The van der Waals surface area contributed by atoms with Crippen molar-refractivity contribution in [3.8, 4) is 5.75 Å². The molecule has 2 aliphatic rings. The number of hydrogen-bond acceptors (Lipinski definition) is 5. The highest BCUT2D eigenvalue weighted by Crippen LogP contribution is 2.41. The Bertz CT molecular complexity index is 1150. The van der Waals surface area contributed by atoms with Crippen molar-refractivity contribution < 1.29 is 23.5 Å². The van der Waals surface area contributed by atoms with Gasteiger partial charge >= 0.3 is 0 Å².